The Hall–Kier alpha value is -1.84. The highest BCUT2D eigenvalue weighted by Gasteiger charge is 2.16. The largest absolute Gasteiger partial charge is 0.373 e. The Morgan fingerprint density at radius 1 is 1.20 bits per heavy atom. The van der Waals surface area contributed by atoms with Crippen molar-refractivity contribution in [2.45, 2.75) is 0 Å². The zero-order valence-corrected chi connectivity index (χ0v) is 12.1. The molecule has 0 radical (unpaired) electrons. The van der Waals surface area contributed by atoms with Crippen LogP contribution in [0.15, 0.2) is 48.5 Å². The van der Waals surface area contributed by atoms with Crippen LogP contribution in [0.1, 0.15) is 15.9 Å². The number of carbonyl (C=O) groups excluding carboxylic acids is 1. The molecule has 3 nitrogen and oxygen atoms in total. The summed E-state index contributed by atoms with van der Waals surface area (Å²) in [5, 5.41) is 0.550. The molecule has 0 aliphatic rings. The molecule has 0 aliphatic heterocycles. The maximum atomic E-state index is 12.6. The van der Waals surface area contributed by atoms with Crippen LogP contribution in [0.25, 0.3) is 0 Å². The smallest absolute Gasteiger partial charge is 0.195 e. The summed E-state index contributed by atoms with van der Waals surface area (Å²) in [7, 11) is 1.91. The summed E-state index contributed by atoms with van der Waals surface area (Å²) in [5.41, 5.74) is 7.67. The normalized spacial score (nSPS) is 10.3. The molecule has 104 valence electrons. The van der Waals surface area contributed by atoms with Gasteiger partial charge in [0.1, 0.15) is 0 Å². The van der Waals surface area contributed by atoms with E-state index in [2.05, 4.69) is 0 Å². The molecule has 0 aromatic heterocycles. The van der Waals surface area contributed by atoms with E-state index in [0.29, 0.717) is 29.2 Å². The lowest BCUT2D eigenvalue weighted by Crippen LogP contribution is -2.26. The Kier molecular flexibility index (Phi) is 4.77. The summed E-state index contributed by atoms with van der Waals surface area (Å²) in [4.78, 5) is 14.6. The number of hydrogen-bond donors (Lipinski definition) is 1. The number of hydrogen-bond acceptors (Lipinski definition) is 3. The summed E-state index contributed by atoms with van der Waals surface area (Å²) in [6, 6.07) is 14.5. The standard InChI is InChI=1S/C16H17ClN2O/c1-19(10-9-18)15-8-7-13(17)11-14(15)16(20)12-5-3-2-4-6-12/h2-8,11H,9-10,18H2,1H3. The molecule has 20 heavy (non-hydrogen) atoms. The predicted octanol–water partition coefficient (Wildman–Crippen LogP) is 2.97. The van der Waals surface area contributed by atoms with E-state index in [1.54, 1.807) is 24.3 Å². The van der Waals surface area contributed by atoms with Gasteiger partial charge in [0.2, 0.25) is 0 Å². The molecule has 0 spiro atoms. The number of carbonyl (C=O) groups is 1. The minimum Gasteiger partial charge on any atom is -0.373 e. The van der Waals surface area contributed by atoms with E-state index in [1.165, 1.54) is 0 Å². The van der Waals surface area contributed by atoms with Crippen LogP contribution in [0, 0.1) is 0 Å². The van der Waals surface area contributed by atoms with E-state index in [4.69, 9.17) is 17.3 Å². The van der Waals surface area contributed by atoms with Crippen molar-refractivity contribution in [3.05, 3.63) is 64.7 Å². The Bertz CT molecular complexity index is 599. The van der Waals surface area contributed by atoms with Crippen molar-refractivity contribution in [2.24, 2.45) is 5.73 Å². The number of anilines is 1. The highest BCUT2D eigenvalue weighted by Crippen LogP contribution is 2.26. The second-order valence-electron chi connectivity index (χ2n) is 4.57. The van der Waals surface area contributed by atoms with Gasteiger partial charge in [-0.1, -0.05) is 41.9 Å². The van der Waals surface area contributed by atoms with Crippen LogP contribution in [0.5, 0.6) is 0 Å². The van der Waals surface area contributed by atoms with Crippen LogP contribution >= 0.6 is 11.6 Å². The predicted molar refractivity (Wildman–Crippen MR) is 83.7 cm³/mol. The highest BCUT2D eigenvalue weighted by atomic mass is 35.5. The van der Waals surface area contributed by atoms with Crippen molar-refractivity contribution in [1.82, 2.24) is 0 Å². The van der Waals surface area contributed by atoms with E-state index in [1.807, 2.05) is 36.2 Å². The van der Waals surface area contributed by atoms with Crippen LogP contribution in [0.3, 0.4) is 0 Å². The van der Waals surface area contributed by atoms with E-state index in [-0.39, 0.29) is 5.78 Å². The van der Waals surface area contributed by atoms with Crippen LogP contribution in [-0.4, -0.2) is 25.9 Å². The third-order valence-corrected chi connectivity index (χ3v) is 3.35. The van der Waals surface area contributed by atoms with Crippen molar-refractivity contribution in [2.75, 3.05) is 25.0 Å². The fraction of sp³-hybridized carbons (Fsp3) is 0.188. The zero-order valence-electron chi connectivity index (χ0n) is 11.3. The molecular weight excluding hydrogens is 272 g/mol. The monoisotopic (exact) mass is 288 g/mol. The molecule has 2 aromatic carbocycles. The molecule has 0 unspecified atom stereocenters. The van der Waals surface area contributed by atoms with Gasteiger partial charge in [-0.05, 0) is 18.2 Å². The van der Waals surface area contributed by atoms with Gasteiger partial charge in [-0.15, -0.1) is 0 Å². The minimum absolute atomic E-state index is 0.0352. The molecule has 2 N–H and O–H groups in total. The van der Waals surface area contributed by atoms with Gasteiger partial charge < -0.3 is 10.6 Å². The van der Waals surface area contributed by atoms with E-state index in [0.717, 1.165) is 5.69 Å². The minimum atomic E-state index is -0.0352. The van der Waals surface area contributed by atoms with Crippen molar-refractivity contribution in [3.63, 3.8) is 0 Å². The second kappa shape index (κ2) is 6.55. The van der Waals surface area contributed by atoms with Gasteiger partial charge in [0, 0.05) is 42.0 Å². The number of nitrogens with zero attached hydrogens (tertiary/aromatic N) is 1. The molecule has 0 bridgehead atoms. The van der Waals surface area contributed by atoms with Gasteiger partial charge in [0.15, 0.2) is 5.78 Å². The number of likely N-dealkylation sites (N-methyl/N-ethyl adjacent to an activating group) is 1. The van der Waals surface area contributed by atoms with Crippen molar-refractivity contribution < 1.29 is 4.79 Å². The van der Waals surface area contributed by atoms with Crippen LogP contribution < -0.4 is 10.6 Å². The van der Waals surface area contributed by atoms with Gasteiger partial charge in [-0.3, -0.25) is 4.79 Å². The van der Waals surface area contributed by atoms with Crippen LogP contribution in [-0.2, 0) is 0 Å². The molecule has 0 saturated carbocycles. The lowest BCUT2D eigenvalue weighted by molar-refractivity contribution is 0.103. The maximum Gasteiger partial charge on any atom is 0.195 e. The summed E-state index contributed by atoms with van der Waals surface area (Å²) < 4.78 is 0. The average Bonchev–Trinajstić information content (AvgIpc) is 2.47. The first kappa shape index (κ1) is 14.6. The van der Waals surface area contributed by atoms with Gasteiger partial charge in [0.25, 0.3) is 0 Å². The first-order valence-electron chi connectivity index (χ1n) is 6.44. The maximum absolute atomic E-state index is 12.6. The van der Waals surface area contributed by atoms with Crippen LogP contribution in [0.2, 0.25) is 5.02 Å². The first-order chi connectivity index (χ1) is 9.63. The van der Waals surface area contributed by atoms with Gasteiger partial charge in [0.05, 0.1) is 0 Å². The van der Waals surface area contributed by atoms with Crippen molar-refractivity contribution >= 4 is 23.1 Å². The Balaban J connectivity index is 2.44. The average molecular weight is 289 g/mol. The van der Waals surface area contributed by atoms with Crippen molar-refractivity contribution in [3.8, 4) is 0 Å². The molecule has 0 saturated heterocycles. The van der Waals surface area contributed by atoms with E-state index in [9.17, 15) is 4.79 Å². The zero-order chi connectivity index (χ0) is 14.5. The summed E-state index contributed by atoms with van der Waals surface area (Å²) in [6.07, 6.45) is 0. The third-order valence-electron chi connectivity index (χ3n) is 3.11. The Morgan fingerprint density at radius 3 is 2.55 bits per heavy atom. The summed E-state index contributed by atoms with van der Waals surface area (Å²) in [5.74, 6) is -0.0352. The summed E-state index contributed by atoms with van der Waals surface area (Å²) >= 11 is 6.03. The molecule has 2 aromatic rings. The Labute approximate surface area is 124 Å². The van der Waals surface area contributed by atoms with Gasteiger partial charge in [-0.2, -0.15) is 0 Å². The molecular formula is C16H17ClN2O. The van der Waals surface area contributed by atoms with Crippen molar-refractivity contribution in [1.29, 1.82) is 0 Å². The fourth-order valence-corrected chi connectivity index (χ4v) is 2.25. The molecule has 4 heteroatoms. The SMILES string of the molecule is CN(CCN)c1ccc(Cl)cc1C(=O)c1ccccc1. The van der Waals surface area contributed by atoms with Crippen LogP contribution in [0.4, 0.5) is 5.69 Å². The topological polar surface area (TPSA) is 46.3 Å². The Morgan fingerprint density at radius 2 is 1.90 bits per heavy atom. The number of halogens is 1. The highest BCUT2D eigenvalue weighted by molar-refractivity contribution is 6.31. The lowest BCUT2D eigenvalue weighted by Gasteiger charge is -2.21. The quantitative estimate of drug-likeness (QED) is 0.861. The number of benzene rings is 2. The molecule has 2 rings (SSSR count). The number of nitrogens with two attached hydrogens (primary N) is 1. The fourth-order valence-electron chi connectivity index (χ4n) is 2.08. The molecule has 0 fully saturated rings. The number of rotatable bonds is 5. The first-order valence-corrected chi connectivity index (χ1v) is 6.82. The van der Waals surface area contributed by atoms with Gasteiger partial charge in [-0.25, -0.2) is 0 Å². The van der Waals surface area contributed by atoms with E-state index >= 15 is 0 Å². The third kappa shape index (κ3) is 3.18. The van der Waals surface area contributed by atoms with E-state index < -0.39 is 0 Å². The molecule has 0 heterocycles. The lowest BCUT2D eigenvalue weighted by atomic mass is 10.0. The number of ketones is 1. The summed E-state index contributed by atoms with van der Waals surface area (Å²) in [6.45, 7) is 1.20. The molecule has 0 amide bonds. The molecule has 0 atom stereocenters. The van der Waals surface area contributed by atoms with Gasteiger partial charge >= 0.3 is 0 Å². The second-order valence-corrected chi connectivity index (χ2v) is 5.00. The molecule has 0 aliphatic carbocycles.